The Hall–Kier alpha value is -4.60. The topological polar surface area (TPSA) is 115 Å². The van der Waals surface area contributed by atoms with E-state index in [1.165, 1.54) is 28.8 Å². The fourth-order valence-corrected chi connectivity index (χ4v) is 4.92. The van der Waals surface area contributed by atoms with E-state index in [0.717, 1.165) is 22.4 Å². The number of carbonyl (C=O) groups excluding carboxylic acids is 1. The third kappa shape index (κ3) is 5.64. The van der Waals surface area contributed by atoms with Gasteiger partial charge in [0, 0.05) is 36.6 Å². The predicted molar refractivity (Wildman–Crippen MR) is 144 cm³/mol. The molecular formula is C29H28F2N6O2. The molecule has 1 atom stereocenters. The minimum Gasteiger partial charge on any atom is -0.384 e. The molecule has 8 nitrogen and oxygen atoms in total. The highest BCUT2D eigenvalue weighted by molar-refractivity contribution is 5.81. The molecule has 2 aromatic carbocycles. The highest BCUT2D eigenvalue weighted by Crippen LogP contribution is 2.27. The van der Waals surface area contributed by atoms with Crippen molar-refractivity contribution in [3.8, 4) is 0 Å². The second kappa shape index (κ2) is 11.0. The van der Waals surface area contributed by atoms with Gasteiger partial charge in [-0.15, -0.1) is 0 Å². The van der Waals surface area contributed by atoms with Gasteiger partial charge >= 0.3 is 0 Å². The molecule has 0 unspecified atom stereocenters. The van der Waals surface area contributed by atoms with Gasteiger partial charge in [-0.1, -0.05) is 30.3 Å². The zero-order valence-corrected chi connectivity index (χ0v) is 21.3. The van der Waals surface area contributed by atoms with Gasteiger partial charge in [-0.3, -0.25) is 14.2 Å². The van der Waals surface area contributed by atoms with E-state index >= 15 is 0 Å². The standard InChI is InChI=1S/C29H28F2N6O2/c1-17-20(6-13-26(32)36-17)14-35-28(38)25-12-11-23-15-33-27(29(39)37(23)25)34-16-24(18-2-7-21(30)8-3-18)19-4-9-22(31)10-5-19/h2-10,13,15,24-25H,11-12,14,16H2,1H3,(H2,32,36)(H,33,34)(H,35,38)/t25-/m0/s1. The van der Waals surface area contributed by atoms with Crippen molar-refractivity contribution in [2.24, 2.45) is 0 Å². The van der Waals surface area contributed by atoms with E-state index in [1.807, 2.05) is 13.0 Å². The lowest BCUT2D eigenvalue weighted by Crippen LogP contribution is -2.36. The maximum atomic E-state index is 13.6. The maximum Gasteiger partial charge on any atom is 0.294 e. The van der Waals surface area contributed by atoms with Gasteiger partial charge in [-0.2, -0.15) is 0 Å². The van der Waals surface area contributed by atoms with Crippen LogP contribution in [0.4, 0.5) is 20.4 Å². The summed E-state index contributed by atoms with van der Waals surface area (Å²) in [5, 5.41) is 6.02. The van der Waals surface area contributed by atoms with Crippen molar-refractivity contribution >= 4 is 17.5 Å². The summed E-state index contributed by atoms with van der Waals surface area (Å²) in [6.45, 7) is 2.34. The molecule has 0 spiro atoms. The zero-order valence-electron chi connectivity index (χ0n) is 21.3. The number of aromatic nitrogens is 3. The molecule has 0 radical (unpaired) electrons. The van der Waals surface area contributed by atoms with Gasteiger partial charge in [-0.05, 0) is 66.8 Å². The molecule has 1 aliphatic rings. The Bertz CT molecular complexity index is 1510. The molecular weight excluding hydrogens is 502 g/mol. The first-order valence-corrected chi connectivity index (χ1v) is 12.6. The molecule has 0 aliphatic carbocycles. The Kier molecular flexibility index (Phi) is 7.36. The summed E-state index contributed by atoms with van der Waals surface area (Å²) in [6.07, 6.45) is 2.64. The highest BCUT2D eigenvalue weighted by atomic mass is 19.1. The number of pyridine rings is 1. The zero-order chi connectivity index (χ0) is 27.5. The number of halogens is 2. The molecule has 2 aromatic heterocycles. The van der Waals surface area contributed by atoms with Crippen molar-refractivity contribution in [2.45, 2.75) is 38.3 Å². The molecule has 200 valence electrons. The number of rotatable bonds is 8. The fourth-order valence-electron chi connectivity index (χ4n) is 4.92. The van der Waals surface area contributed by atoms with E-state index < -0.39 is 11.6 Å². The van der Waals surface area contributed by atoms with E-state index in [2.05, 4.69) is 20.6 Å². The third-order valence-corrected chi connectivity index (χ3v) is 7.05. The number of nitrogens with one attached hydrogen (secondary N) is 2. The minimum absolute atomic E-state index is 0.103. The number of benzene rings is 2. The molecule has 5 rings (SSSR count). The Balaban J connectivity index is 1.35. The van der Waals surface area contributed by atoms with Crippen molar-refractivity contribution in [1.29, 1.82) is 0 Å². The normalized spacial score (nSPS) is 14.3. The first-order valence-electron chi connectivity index (χ1n) is 12.6. The number of nitrogen functional groups attached to an aromatic ring is 1. The summed E-state index contributed by atoms with van der Waals surface area (Å²) in [5.74, 6) is -0.787. The number of fused-ring (bicyclic) bond motifs is 1. The molecule has 0 saturated carbocycles. The lowest BCUT2D eigenvalue weighted by Gasteiger charge is -2.20. The number of nitrogens with two attached hydrogens (primary N) is 1. The van der Waals surface area contributed by atoms with E-state index in [-0.39, 0.29) is 42.4 Å². The SMILES string of the molecule is Cc1nc(N)ccc1CNC(=O)[C@@H]1CCc2cnc(NCC(c3ccc(F)cc3)c3ccc(F)cc3)c(=O)n21. The van der Waals surface area contributed by atoms with Crippen LogP contribution in [0.2, 0.25) is 0 Å². The molecule has 0 fully saturated rings. The molecule has 1 amide bonds. The molecule has 39 heavy (non-hydrogen) atoms. The van der Waals surface area contributed by atoms with Crippen LogP contribution in [0.1, 0.15) is 46.5 Å². The highest BCUT2D eigenvalue weighted by Gasteiger charge is 2.30. The number of carbonyl (C=O) groups is 1. The van der Waals surface area contributed by atoms with Crippen molar-refractivity contribution < 1.29 is 13.6 Å². The van der Waals surface area contributed by atoms with Gasteiger partial charge < -0.3 is 16.4 Å². The van der Waals surface area contributed by atoms with Crippen molar-refractivity contribution in [2.75, 3.05) is 17.6 Å². The van der Waals surface area contributed by atoms with E-state index in [0.29, 0.717) is 24.4 Å². The second-order valence-electron chi connectivity index (χ2n) is 9.56. The van der Waals surface area contributed by atoms with Gasteiger partial charge in [-0.25, -0.2) is 18.7 Å². The summed E-state index contributed by atoms with van der Waals surface area (Å²) in [5.41, 5.74) is 9.15. The van der Waals surface area contributed by atoms with Crippen molar-refractivity contribution in [3.05, 3.63) is 117 Å². The summed E-state index contributed by atoms with van der Waals surface area (Å²) in [4.78, 5) is 35.1. The first-order chi connectivity index (χ1) is 18.8. The Morgan fingerprint density at radius 2 is 1.69 bits per heavy atom. The van der Waals surface area contributed by atoms with E-state index in [4.69, 9.17) is 5.73 Å². The van der Waals surface area contributed by atoms with E-state index in [9.17, 15) is 18.4 Å². The molecule has 0 bridgehead atoms. The van der Waals surface area contributed by atoms with Crippen LogP contribution >= 0.6 is 0 Å². The van der Waals surface area contributed by atoms with Gasteiger partial charge in [0.05, 0.1) is 0 Å². The average molecular weight is 531 g/mol. The lowest BCUT2D eigenvalue weighted by molar-refractivity contribution is -0.124. The monoisotopic (exact) mass is 530 g/mol. The van der Waals surface area contributed by atoms with Crippen LogP contribution < -0.4 is 21.9 Å². The van der Waals surface area contributed by atoms with Crippen LogP contribution in [-0.2, 0) is 17.8 Å². The molecule has 10 heteroatoms. The van der Waals surface area contributed by atoms with Gasteiger partial charge in [0.25, 0.3) is 5.56 Å². The fraction of sp³-hybridized carbons (Fsp3) is 0.241. The average Bonchev–Trinajstić information content (AvgIpc) is 3.36. The third-order valence-electron chi connectivity index (χ3n) is 7.05. The second-order valence-corrected chi connectivity index (χ2v) is 9.56. The Morgan fingerprint density at radius 1 is 1.05 bits per heavy atom. The summed E-state index contributed by atoms with van der Waals surface area (Å²) in [7, 11) is 0. The number of aryl methyl sites for hydroxylation is 2. The van der Waals surface area contributed by atoms with Crippen molar-refractivity contribution in [3.63, 3.8) is 0 Å². The number of hydrogen-bond acceptors (Lipinski definition) is 6. The van der Waals surface area contributed by atoms with Crippen LogP contribution in [-0.4, -0.2) is 27.0 Å². The molecule has 4 aromatic rings. The lowest BCUT2D eigenvalue weighted by atomic mass is 9.91. The van der Waals surface area contributed by atoms with Crippen LogP contribution in [0.3, 0.4) is 0 Å². The maximum absolute atomic E-state index is 13.6. The van der Waals surface area contributed by atoms with Crippen LogP contribution in [0, 0.1) is 18.6 Å². The van der Waals surface area contributed by atoms with Crippen LogP contribution in [0.15, 0.2) is 71.7 Å². The number of amides is 1. The molecule has 0 saturated heterocycles. The number of nitrogens with zero attached hydrogens (tertiary/aromatic N) is 3. The molecule has 1 aliphatic heterocycles. The van der Waals surface area contributed by atoms with Gasteiger partial charge in [0.15, 0.2) is 5.82 Å². The smallest absolute Gasteiger partial charge is 0.294 e. The predicted octanol–water partition coefficient (Wildman–Crippen LogP) is 3.85. The summed E-state index contributed by atoms with van der Waals surface area (Å²) >= 11 is 0. The summed E-state index contributed by atoms with van der Waals surface area (Å²) < 4.78 is 28.6. The Labute approximate surface area is 223 Å². The summed E-state index contributed by atoms with van der Waals surface area (Å²) in [6, 6.07) is 14.9. The molecule has 3 heterocycles. The Morgan fingerprint density at radius 3 is 2.31 bits per heavy atom. The largest absolute Gasteiger partial charge is 0.384 e. The van der Waals surface area contributed by atoms with Gasteiger partial charge in [0.1, 0.15) is 23.5 Å². The number of hydrogen-bond donors (Lipinski definition) is 3. The first kappa shape index (κ1) is 26.0. The van der Waals surface area contributed by atoms with Crippen LogP contribution in [0.25, 0.3) is 0 Å². The van der Waals surface area contributed by atoms with Gasteiger partial charge in [0.2, 0.25) is 5.91 Å². The van der Waals surface area contributed by atoms with Crippen molar-refractivity contribution in [1.82, 2.24) is 19.9 Å². The quantitative estimate of drug-likeness (QED) is 0.319. The van der Waals surface area contributed by atoms with E-state index in [1.54, 1.807) is 36.5 Å². The minimum atomic E-state index is -0.664. The van der Waals surface area contributed by atoms with Crippen LogP contribution in [0.5, 0.6) is 0 Å². The molecule has 4 N–H and O–H groups in total. The number of anilines is 2.